The maximum Gasteiger partial charge on any atom is 0.107 e. The van der Waals surface area contributed by atoms with Gasteiger partial charge in [0.1, 0.15) is 5.01 Å². The lowest BCUT2D eigenvalue weighted by atomic mass is 9.91. The fraction of sp³-hybridized carbons (Fsp3) is 0.800. The molecule has 0 atom stereocenters. The monoisotopic (exact) mass is 281 g/mol. The van der Waals surface area contributed by atoms with Crippen molar-refractivity contribution in [2.75, 3.05) is 13.1 Å². The molecule has 19 heavy (non-hydrogen) atoms. The molecule has 1 fully saturated rings. The van der Waals surface area contributed by atoms with Crippen LogP contribution in [0.1, 0.15) is 56.1 Å². The van der Waals surface area contributed by atoms with E-state index in [4.69, 9.17) is 10.7 Å². The molecule has 0 radical (unpaired) electrons. The van der Waals surface area contributed by atoms with Gasteiger partial charge in [-0.15, -0.1) is 11.3 Å². The van der Waals surface area contributed by atoms with Gasteiger partial charge in [0.2, 0.25) is 0 Å². The second-order valence-electron chi connectivity index (χ2n) is 6.79. The molecule has 1 aliphatic rings. The van der Waals surface area contributed by atoms with Crippen molar-refractivity contribution >= 4 is 11.3 Å². The Balaban J connectivity index is 2.07. The summed E-state index contributed by atoms with van der Waals surface area (Å²) in [4.78, 5) is 8.65. The van der Waals surface area contributed by atoms with Gasteiger partial charge in [-0.25, -0.2) is 4.98 Å². The van der Waals surface area contributed by atoms with Crippen LogP contribution in [0, 0.1) is 5.92 Å². The van der Waals surface area contributed by atoms with Gasteiger partial charge in [0.05, 0.1) is 12.2 Å². The predicted molar refractivity (Wildman–Crippen MR) is 82.4 cm³/mol. The van der Waals surface area contributed by atoms with Crippen LogP contribution in [0.5, 0.6) is 0 Å². The number of aromatic nitrogens is 1. The van der Waals surface area contributed by atoms with Gasteiger partial charge < -0.3 is 5.73 Å². The molecule has 3 nitrogen and oxygen atoms in total. The number of hydrogen-bond donors (Lipinski definition) is 1. The van der Waals surface area contributed by atoms with Crippen molar-refractivity contribution in [3.05, 3.63) is 15.6 Å². The van der Waals surface area contributed by atoms with E-state index in [0.29, 0.717) is 6.54 Å². The molecule has 2 rings (SSSR count). The first kappa shape index (κ1) is 14.9. The molecule has 1 aliphatic heterocycles. The van der Waals surface area contributed by atoms with Crippen molar-refractivity contribution in [2.24, 2.45) is 11.7 Å². The zero-order chi connectivity index (χ0) is 14.0. The molecule has 1 aromatic heterocycles. The van der Waals surface area contributed by atoms with E-state index in [1.54, 1.807) is 11.3 Å². The minimum Gasteiger partial charge on any atom is -0.326 e. The van der Waals surface area contributed by atoms with Gasteiger partial charge >= 0.3 is 0 Å². The van der Waals surface area contributed by atoms with Crippen molar-refractivity contribution in [1.29, 1.82) is 0 Å². The van der Waals surface area contributed by atoms with Gasteiger partial charge in [0, 0.05) is 16.8 Å². The van der Waals surface area contributed by atoms with E-state index in [1.807, 2.05) is 0 Å². The Kier molecular flexibility index (Phi) is 4.64. The largest absolute Gasteiger partial charge is 0.326 e. The predicted octanol–water partition coefficient (Wildman–Crippen LogP) is 3.13. The molecule has 0 unspecified atom stereocenters. The third-order valence-corrected chi connectivity index (χ3v) is 4.93. The van der Waals surface area contributed by atoms with Crippen LogP contribution in [-0.4, -0.2) is 23.0 Å². The Morgan fingerprint density at radius 1 is 1.32 bits per heavy atom. The third kappa shape index (κ3) is 3.77. The fourth-order valence-electron chi connectivity index (χ4n) is 2.60. The first-order chi connectivity index (χ1) is 8.90. The number of likely N-dealkylation sites (tertiary alicyclic amines) is 1. The topological polar surface area (TPSA) is 42.2 Å². The van der Waals surface area contributed by atoms with Crippen molar-refractivity contribution in [3.8, 4) is 0 Å². The van der Waals surface area contributed by atoms with Crippen LogP contribution in [0.2, 0.25) is 0 Å². The van der Waals surface area contributed by atoms with Crippen molar-refractivity contribution in [3.63, 3.8) is 0 Å². The van der Waals surface area contributed by atoms with Gasteiger partial charge in [-0.3, -0.25) is 4.90 Å². The average Bonchev–Trinajstić information content (AvgIpc) is 2.75. The zero-order valence-corrected chi connectivity index (χ0v) is 13.5. The molecule has 2 N–H and O–H groups in total. The molecule has 0 bridgehead atoms. The lowest BCUT2D eigenvalue weighted by Crippen LogP contribution is -2.32. The second kappa shape index (κ2) is 5.90. The molecular weight excluding hydrogens is 254 g/mol. The van der Waals surface area contributed by atoms with E-state index in [-0.39, 0.29) is 5.41 Å². The standard InChI is InChI=1S/C15H27N3S/c1-11-5-7-18(8-6-11)10-13-17-14(15(2,3)4)12(9-16)19-13/h11H,5-10,16H2,1-4H3. The molecule has 0 amide bonds. The smallest absolute Gasteiger partial charge is 0.107 e. The van der Waals surface area contributed by atoms with E-state index in [9.17, 15) is 0 Å². The summed E-state index contributed by atoms with van der Waals surface area (Å²) in [7, 11) is 0. The van der Waals surface area contributed by atoms with Crippen LogP contribution in [0.4, 0.5) is 0 Å². The van der Waals surface area contributed by atoms with E-state index in [1.165, 1.54) is 41.5 Å². The Morgan fingerprint density at radius 2 is 1.95 bits per heavy atom. The highest BCUT2D eigenvalue weighted by atomic mass is 32.1. The first-order valence-corrected chi connectivity index (χ1v) is 8.13. The number of thiazole rings is 1. The highest BCUT2D eigenvalue weighted by molar-refractivity contribution is 7.11. The summed E-state index contributed by atoms with van der Waals surface area (Å²) in [5, 5.41) is 1.24. The maximum absolute atomic E-state index is 5.87. The molecule has 4 heteroatoms. The highest BCUT2D eigenvalue weighted by Gasteiger charge is 2.24. The molecule has 108 valence electrons. The van der Waals surface area contributed by atoms with Crippen LogP contribution >= 0.6 is 11.3 Å². The molecule has 0 aliphatic carbocycles. The van der Waals surface area contributed by atoms with Crippen LogP contribution in [-0.2, 0) is 18.5 Å². The van der Waals surface area contributed by atoms with Gasteiger partial charge in [0.25, 0.3) is 0 Å². The summed E-state index contributed by atoms with van der Waals surface area (Å²) >= 11 is 1.80. The maximum atomic E-state index is 5.87. The van der Waals surface area contributed by atoms with E-state index in [0.717, 1.165) is 12.5 Å². The lowest BCUT2D eigenvalue weighted by molar-refractivity contribution is 0.185. The number of hydrogen-bond acceptors (Lipinski definition) is 4. The van der Waals surface area contributed by atoms with E-state index in [2.05, 4.69) is 32.6 Å². The van der Waals surface area contributed by atoms with E-state index < -0.39 is 0 Å². The second-order valence-corrected chi connectivity index (χ2v) is 7.96. The first-order valence-electron chi connectivity index (χ1n) is 7.31. The zero-order valence-electron chi connectivity index (χ0n) is 12.7. The molecule has 0 saturated carbocycles. The average molecular weight is 281 g/mol. The summed E-state index contributed by atoms with van der Waals surface area (Å²) in [6.07, 6.45) is 2.64. The Morgan fingerprint density at radius 3 is 2.42 bits per heavy atom. The molecule has 1 aromatic rings. The molecule has 2 heterocycles. The summed E-state index contributed by atoms with van der Waals surface area (Å²) in [5.41, 5.74) is 7.16. The van der Waals surface area contributed by atoms with Crippen LogP contribution in [0.15, 0.2) is 0 Å². The van der Waals surface area contributed by atoms with Crippen molar-refractivity contribution < 1.29 is 0 Å². The van der Waals surface area contributed by atoms with Gasteiger partial charge in [-0.05, 0) is 31.8 Å². The van der Waals surface area contributed by atoms with Crippen LogP contribution in [0.25, 0.3) is 0 Å². The minimum absolute atomic E-state index is 0.0971. The number of rotatable bonds is 3. The lowest BCUT2D eigenvalue weighted by Gasteiger charge is -2.29. The van der Waals surface area contributed by atoms with Crippen molar-refractivity contribution in [2.45, 2.75) is 59.0 Å². The van der Waals surface area contributed by atoms with Crippen molar-refractivity contribution in [1.82, 2.24) is 9.88 Å². The van der Waals surface area contributed by atoms with Gasteiger partial charge in [-0.2, -0.15) is 0 Å². The van der Waals surface area contributed by atoms with Crippen LogP contribution < -0.4 is 5.73 Å². The molecular formula is C15H27N3S. The number of piperidine rings is 1. The third-order valence-electron chi connectivity index (χ3n) is 3.87. The normalized spacial score (nSPS) is 19.0. The summed E-state index contributed by atoms with van der Waals surface area (Å²) < 4.78 is 0. The molecule has 1 saturated heterocycles. The highest BCUT2D eigenvalue weighted by Crippen LogP contribution is 2.30. The fourth-order valence-corrected chi connectivity index (χ4v) is 3.80. The van der Waals surface area contributed by atoms with E-state index >= 15 is 0 Å². The Hall–Kier alpha value is -0.450. The summed E-state index contributed by atoms with van der Waals surface area (Å²) in [6.45, 7) is 13.0. The Labute approximate surface area is 121 Å². The molecule has 0 aromatic carbocycles. The van der Waals surface area contributed by atoms with Crippen LogP contribution in [0.3, 0.4) is 0 Å². The van der Waals surface area contributed by atoms with Gasteiger partial charge in [0.15, 0.2) is 0 Å². The van der Waals surface area contributed by atoms with Gasteiger partial charge in [-0.1, -0.05) is 27.7 Å². The number of nitrogens with zero attached hydrogens (tertiary/aromatic N) is 2. The number of nitrogens with two attached hydrogens (primary N) is 1. The summed E-state index contributed by atoms with van der Waals surface area (Å²) in [5.74, 6) is 0.886. The molecule has 0 spiro atoms. The Bertz CT molecular complexity index is 412. The quantitative estimate of drug-likeness (QED) is 0.925. The summed E-state index contributed by atoms with van der Waals surface area (Å²) in [6, 6.07) is 0. The minimum atomic E-state index is 0.0971. The SMILES string of the molecule is CC1CCN(Cc2nc(C(C)(C)C)c(CN)s2)CC1.